The summed E-state index contributed by atoms with van der Waals surface area (Å²) >= 11 is 0. The number of hydrogen-bond acceptors (Lipinski definition) is 8. The molecule has 0 amide bonds. The SMILES string of the molecule is COC(=O)C1=C(C(=O)OC)N(c2cccc(OCC(F)(F)F)c2)C(N)=C(C#N)C1c1ccccc1. The molecule has 0 aliphatic carbocycles. The summed E-state index contributed by atoms with van der Waals surface area (Å²) in [5, 5.41) is 9.99. The highest BCUT2D eigenvalue weighted by atomic mass is 19.4. The molecule has 1 aliphatic heterocycles. The normalized spacial score (nSPS) is 16.0. The van der Waals surface area contributed by atoms with Crippen LogP contribution >= 0.6 is 0 Å². The Morgan fingerprint density at radius 3 is 2.29 bits per heavy atom. The molecule has 35 heavy (non-hydrogen) atoms. The lowest BCUT2D eigenvalue weighted by Crippen LogP contribution is -2.40. The average molecular weight is 487 g/mol. The van der Waals surface area contributed by atoms with Crippen LogP contribution in [-0.4, -0.2) is 38.9 Å². The Bertz CT molecular complexity index is 1230. The quantitative estimate of drug-likeness (QED) is 0.616. The maximum atomic E-state index is 13.0. The first-order valence-electron chi connectivity index (χ1n) is 10.1. The first-order valence-corrected chi connectivity index (χ1v) is 10.1. The maximum Gasteiger partial charge on any atom is 0.422 e. The van der Waals surface area contributed by atoms with Gasteiger partial charge in [-0.15, -0.1) is 0 Å². The summed E-state index contributed by atoms with van der Waals surface area (Å²) in [6, 6.07) is 15.6. The fourth-order valence-electron chi connectivity index (χ4n) is 3.66. The van der Waals surface area contributed by atoms with Crippen molar-refractivity contribution in [1.82, 2.24) is 0 Å². The van der Waals surface area contributed by atoms with Crippen LogP contribution in [0.2, 0.25) is 0 Å². The molecule has 0 saturated carbocycles. The van der Waals surface area contributed by atoms with Gasteiger partial charge in [-0.3, -0.25) is 4.90 Å². The molecule has 1 unspecified atom stereocenters. The van der Waals surface area contributed by atoms with Crippen molar-refractivity contribution in [2.75, 3.05) is 25.7 Å². The largest absolute Gasteiger partial charge is 0.484 e. The molecular formula is C24H20F3N3O5. The van der Waals surface area contributed by atoms with Crippen molar-refractivity contribution in [3.63, 3.8) is 0 Å². The molecule has 0 spiro atoms. The number of alkyl halides is 3. The van der Waals surface area contributed by atoms with Crippen molar-refractivity contribution in [2.24, 2.45) is 5.73 Å². The van der Waals surface area contributed by atoms with Crippen molar-refractivity contribution >= 4 is 17.6 Å². The Kier molecular flexibility index (Phi) is 7.34. The average Bonchev–Trinajstić information content (AvgIpc) is 2.86. The van der Waals surface area contributed by atoms with Crippen LogP contribution in [0.5, 0.6) is 5.75 Å². The lowest BCUT2D eigenvalue weighted by atomic mass is 9.81. The van der Waals surface area contributed by atoms with E-state index in [0.717, 1.165) is 19.1 Å². The number of benzene rings is 2. The Hall–Kier alpha value is -4.46. The predicted molar refractivity (Wildman–Crippen MR) is 118 cm³/mol. The number of carbonyl (C=O) groups is 2. The number of carbonyl (C=O) groups excluding carboxylic acids is 2. The minimum absolute atomic E-state index is 0.0586. The topological polar surface area (TPSA) is 115 Å². The Labute approximate surface area is 198 Å². The van der Waals surface area contributed by atoms with Gasteiger partial charge in [-0.2, -0.15) is 18.4 Å². The monoisotopic (exact) mass is 487 g/mol. The molecule has 3 rings (SSSR count). The third-order valence-electron chi connectivity index (χ3n) is 5.09. The number of nitrogens with two attached hydrogens (primary N) is 1. The van der Waals surface area contributed by atoms with E-state index >= 15 is 0 Å². The second-order valence-corrected chi connectivity index (χ2v) is 7.24. The summed E-state index contributed by atoms with van der Waals surface area (Å²) in [5.74, 6) is -3.37. The van der Waals surface area contributed by atoms with Crippen LogP contribution in [0.4, 0.5) is 18.9 Å². The van der Waals surface area contributed by atoms with Gasteiger partial charge < -0.3 is 19.9 Å². The fourth-order valence-corrected chi connectivity index (χ4v) is 3.66. The van der Waals surface area contributed by atoms with Gasteiger partial charge in [0.1, 0.15) is 17.3 Å². The molecule has 182 valence electrons. The second-order valence-electron chi connectivity index (χ2n) is 7.24. The minimum Gasteiger partial charge on any atom is -0.484 e. The van der Waals surface area contributed by atoms with E-state index in [1.54, 1.807) is 30.3 Å². The van der Waals surface area contributed by atoms with E-state index in [2.05, 4.69) is 0 Å². The van der Waals surface area contributed by atoms with Crippen molar-refractivity contribution < 1.29 is 37.0 Å². The highest BCUT2D eigenvalue weighted by molar-refractivity contribution is 6.06. The number of hydrogen-bond donors (Lipinski definition) is 1. The van der Waals surface area contributed by atoms with Gasteiger partial charge in [0.25, 0.3) is 0 Å². The Balaban J connectivity index is 2.28. The van der Waals surface area contributed by atoms with E-state index < -0.39 is 30.6 Å². The Morgan fingerprint density at radius 2 is 1.71 bits per heavy atom. The summed E-state index contributed by atoms with van der Waals surface area (Å²) in [4.78, 5) is 27.0. The number of methoxy groups -OCH3 is 2. The molecular weight excluding hydrogens is 467 g/mol. The van der Waals surface area contributed by atoms with Gasteiger partial charge in [-0.25, -0.2) is 9.59 Å². The van der Waals surface area contributed by atoms with Gasteiger partial charge in [0.2, 0.25) is 0 Å². The number of anilines is 1. The lowest BCUT2D eigenvalue weighted by molar-refractivity contribution is -0.153. The Morgan fingerprint density at radius 1 is 1.06 bits per heavy atom. The molecule has 0 fully saturated rings. The van der Waals surface area contributed by atoms with Gasteiger partial charge in [0.15, 0.2) is 6.61 Å². The molecule has 2 aromatic carbocycles. The molecule has 0 radical (unpaired) electrons. The van der Waals surface area contributed by atoms with E-state index in [1.165, 1.54) is 24.3 Å². The van der Waals surface area contributed by atoms with Crippen LogP contribution < -0.4 is 15.4 Å². The summed E-state index contributed by atoms with van der Waals surface area (Å²) < 4.78 is 52.5. The summed E-state index contributed by atoms with van der Waals surface area (Å²) in [6.45, 7) is -1.55. The van der Waals surface area contributed by atoms with Gasteiger partial charge in [-0.05, 0) is 17.7 Å². The zero-order valence-electron chi connectivity index (χ0n) is 18.6. The molecule has 0 saturated heterocycles. The van der Waals surface area contributed by atoms with Gasteiger partial charge in [-0.1, -0.05) is 36.4 Å². The third kappa shape index (κ3) is 5.22. The standard InChI is InChI=1S/C24H20F3N3O5/c1-33-22(31)19-18(14-7-4-3-5-8-14)17(12-28)21(29)30(20(19)23(32)34-2)15-9-6-10-16(11-15)35-13-24(25,26)27/h3-11,18H,13,29H2,1-2H3. The van der Waals surface area contributed by atoms with Crippen LogP contribution in [0, 0.1) is 11.3 Å². The molecule has 2 N–H and O–H groups in total. The number of rotatable bonds is 6. The molecule has 11 heteroatoms. The van der Waals surface area contributed by atoms with E-state index in [1.807, 2.05) is 6.07 Å². The van der Waals surface area contributed by atoms with E-state index in [0.29, 0.717) is 5.56 Å². The van der Waals surface area contributed by atoms with Crippen molar-refractivity contribution in [3.05, 3.63) is 82.8 Å². The van der Waals surface area contributed by atoms with Crippen LogP contribution in [-0.2, 0) is 19.1 Å². The van der Waals surface area contributed by atoms with E-state index in [9.17, 15) is 28.0 Å². The highest BCUT2D eigenvalue weighted by Gasteiger charge is 2.43. The van der Waals surface area contributed by atoms with Gasteiger partial charge in [0, 0.05) is 6.07 Å². The van der Waals surface area contributed by atoms with E-state index in [4.69, 9.17) is 19.9 Å². The number of ether oxygens (including phenoxy) is 3. The lowest BCUT2D eigenvalue weighted by Gasteiger charge is -2.36. The smallest absolute Gasteiger partial charge is 0.422 e. The molecule has 1 heterocycles. The molecule has 0 aromatic heterocycles. The van der Waals surface area contributed by atoms with E-state index in [-0.39, 0.29) is 34.1 Å². The van der Waals surface area contributed by atoms with Crippen molar-refractivity contribution in [2.45, 2.75) is 12.1 Å². The maximum absolute atomic E-state index is 13.0. The number of allylic oxidation sites excluding steroid dienone is 1. The summed E-state index contributed by atoms with van der Waals surface area (Å²) in [5.41, 5.74) is 6.23. The first-order chi connectivity index (χ1) is 16.6. The molecule has 1 aliphatic rings. The molecule has 1 atom stereocenters. The van der Waals surface area contributed by atoms with Crippen molar-refractivity contribution in [1.29, 1.82) is 5.26 Å². The van der Waals surface area contributed by atoms with Crippen LogP contribution in [0.25, 0.3) is 0 Å². The fraction of sp³-hybridized carbons (Fsp3) is 0.208. The summed E-state index contributed by atoms with van der Waals surface area (Å²) in [7, 11) is 2.19. The first kappa shape index (κ1) is 25.2. The highest BCUT2D eigenvalue weighted by Crippen LogP contribution is 2.43. The zero-order valence-corrected chi connectivity index (χ0v) is 18.6. The molecule has 2 aromatic rings. The molecule has 8 nitrogen and oxygen atoms in total. The zero-order chi connectivity index (χ0) is 25.8. The van der Waals surface area contributed by atoms with Crippen LogP contribution in [0.3, 0.4) is 0 Å². The predicted octanol–water partition coefficient (Wildman–Crippen LogP) is 3.53. The number of nitrogens with zero attached hydrogens (tertiary/aromatic N) is 2. The van der Waals surface area contributed by atoms with Gasteiger partial charge >= 0.3 is 18.1 Å². The number of nitriles is 1. The second kappa shape index (κ2) is 10.2. The minimum atomic E-state index is -4.58. The van der Waals surface area contributed by atoms with Crippen LogP contribution in [0.1, 0.15) is 11.5 Å². The molecule has 0 bridgehead atoms. The van der Waals surface area contributed by atoms with Crippen molar-refractivity contribution in [3.8, 4) is 11.8 Å². The van der Waals surface area contributed by atoms with Gasteiger partial charge in [0.05, 0.1) is 43.0 Å². The summed E-state index contributed by atoms with van der Waals surface area (Å²) in [6.07, 6.45) is -4.58. The van der Waals surface area contributed by atoms with Crippen LogP contribution in [0.15, 0.2) is 77.3 Å². The number of halogens is 3. The number of esters is 2. The third-order valence-corrected chi connectivity index (χ3v) is 5.09.